The number of aliphatic hydroxyl groups excluding tert-OH is 1. The van der Waals surface area contributed by atoms with Gasteiger partial charge in [-0.3, -0.25) is 24.6 Å². The molecule has 0 radical (unpaired) electrons. The molecule has 1 amide bonds. The van der Waals surface area contributed by atoms with E-state index < -0.39 is 34.2 Å². The molecule has 8 heteroatoms. The number of Topliss-reactive ketones (excluding diaryl/α,β-unsaturated/α-hetero) is 1. The number of hydrogen-bond donors (Lipinski definition) is 1. The quantitative estimate of drug-likeness (QED) is 0.669. The predicted octanol–water partition coefficient (Wildman–Crippen LogP) is 3.22. The van der Waals surface area contributed by atoms with E-state index in [-0.39, 0.29) is 16.9 Å². The first-order valence-corrected chi connectivity index (χ1v) is 7.59. The molecule has 7 nitrogen and oxygen atoms in total. The molecule has 1 heterocycles. The van der Waals surface area contributed by atoms with Gasteiger partial charge in [0.2, 0.25) is 0 Å². The molecule has 1 unspecified atom stereocenters. The molecule has 3 rings (SSSR count). The molecule has 0 aromatic heterocycles. The maximum Gasteiger partial charge on any atom is 0.294 e. The number of benzene rings is 2. The van der Waals surface area contributed by atoms with Crippen LogP contribution in [0.1, 0.15) is 18.5 Å². The van der Waals surface area contributed by atoms with Crippen molar-refractivity contribution in [2.24, 2.45) is 0 Å². The standard InChI is InChI=1S/C18H13FN2O5/c1-10(22)15-16(11-2-6-14(7-3-11)21(25)26)20(18(24)17(15)23)13-8-4-12(19)5-9-13/h2-9,16,23H,1H3. The average molecular weight is 356 g/mol. The highest BCUT2D eigenvalue weighted by Crippen LogP contribution is 2.41. The Balaban J connectivity index is 2.14. The Morgan fingerprint density at radius 1 is 1.15 bits per heavy atom. The van der Waals surface area contributed by atoms with E-state index in [9.17, 15) is 29.2 Å². The SMILES string of the molecule is CC(=O)C1=C(O)C(=O)N(c2ccc(F)cc2)C1c1ccc([N+](=O)[O-])cc1. The van der Waals surface area contributed by atoms with Crippen molar-refractivity contribution in [1.29, 1.82) is 0 Å². The van der Waals surface area contributed by atoms with Crippen molar-refractivity contribution < 1.29 is 24.0 Å². The third-order valence-electron chi connectivity index (χ3n) is 4.11. The van der Waals surface area contributed by atoms with E-state index in [1.807, 2.05) is 0 Å². The minimum absolute atomic E-state index is 0.117. The molecule has 0 saturated carbocycles. The Morgan fingerprint density at radius 2 is 1.73 bits per heavy atom. The topological polar surface area (TPSA) is 101 Å². The van der Waals surface area contributed by atoms with Crippen LogP contribution in [0.25, 0.3) is 0 Å². The Hall–Kier alpha value is -3.55. The molecular weight excluding hydrogens is 343 g/mol. The molecule has 1 aliphatic heterocycles. The summed E-state index contributed by atoms with van der Waals surface area (Å²) >= 11 is 0. The molecule has 1 aliphatic rings. The van der Waals surface area contributed by atoms with Gasteiger partial charge in [0, 0.05) is 17.8 Å². The summed E-state index contributed by atoms with van der Waals surface area (Å²) in [6.07, 6.45) is 0. The fourth-order valence-electron chi connectivity index (χ4n) is 2.93. The van der Waals surface area contributed by atoms with E-state index in [1.165, 1.54) is 43.3 Å². The summed E-state index contributed by atoms with van der Waals surface area (Å²) in [5.74, 6) is -2.50. The molecule has 1 N–H and O–H groups in total. The van der Waals surface area contributed by atoms with E-state index in [4.69, 9.17) is 0 Å². The number of nitro groups is 1. The first-order chi connectivity index (χ1) is 12.3. The lowest BCUT2D eigenvalue weighted by molar-refractivity contribution is -0.384. The number of halogens is 1. The molecule has 132 valence electrons. The van der Waals surface area contributed by atoms with Crippen molar-refractivity contribution in [3.8, 4) is 0 Å². The lowest BCUT2D eigenvalue weighted by Gasteiger charge is -2.26. The number of nitrogens with zero attached hydrogens (tertiary/aromatic N) is 2. The van der Waals surface area contributed by atoms with Crippen LogP contribution in [0.4, 0.5) is 15.8 Å². The first-order valence-electron chi connectivity index (χ1n) is 7.59. The van der Waals surface area contributed by atoms with Crippen molar-refractivity contribution in [3.05, 3.63) is 81.4 Å². The Labute approximate surface area is 147 Å². The van der Waals surface area contributed by atoms with Crippen LogP contribution in [0, 0.1) is 15.9 Å². The third-order valence-corrected chi connectivity index (χ3v) is 4.11. The first kappa shape index (κ1) is 17.3. The molecule has 2 aromatic carbocycles. The number of carbonyl (C=O) groups excluding carboxylic acids is 2. The molecular formula is C18H13FN2O5. The van der Waals surface area contributed by atoms with Crippen molar-refractivity contribution in [2.75, 3.05) is 4.90 Å². The zero-order valence-electron chi connectivity index (χ0n) is 13.5. The fourth-order valence-corrected chi connectivity index (χ4v) is 2.93. The highest BCUT2D eigenvalue weighted by Gasteiger charge is 2.43. The minimum Gasteiger partial charge on any atom is -0.503 e. The van der Waals surface area contributed by atoms with Crippen LogP contribution in [0.5, 0.6) is 0 Å². The van der Waals surface area contributed by atoms with Gasteiger partial charge >= 0.3 is 0 Å². The molecule has 0 aliphatic carbocycles. The zero-order valence-corrected chi connectivity index (χ0v) is 13.5. The molecule has 0 bridgehead atoms. The van der Waals surface area contributed by atoms with Crippen LogP contribution in [-0.2, 0) is 9.59 Å². The number of carbonyl (C=O) groups is 2. The van der Waals surface area contributed by atoms with Gasteiger partial charge in [-0.25, -0.2) is 4.39 Å². The van der Waals surface area contributed by atoms with Crippen LogP contribution in [0.15, 0.2) is 59.9 Å². The Bertz CT molecular complexity index is 935. The van der Waals surface area contributed by atoms with E-state index in [1.54, 1.807) is 0 Å². The van der Waals surface area contributed by atoms with Crippen LogP contribution < -0.4 is 4.90 Å². The van der Waals surface area contributed by atoms with Crippen molar-refractivity contribution in [1.82, 2.24) is 0 Å². The molecule has 1 atom stereocenters. The van der Waals surface area contributed by atoms with Crippen LogP contribution in [0.2, 0.25) is 0 Å². The number of aliphatic hydroxyl groups is 1. The Kier molecular flexibility index (Phi) is 4.25. The van der Waals surface area contributed by atoms with Crippen molar-refractivity contribution >= 4 is 23.1 Å². The molecule has 0 fully saturated rings. The maximum atomic E-state index is 13.2. The largest absolute Gasteiger partial charge is 0.503 e. The summed E-state index contributed by atoms with van der Waals surface area (Å²) in [5, 5.41) is 21.0. The second kappa shape index (κ2) is 6.40. The zero-order chi connectivity index (χ0) is 19.0. The van der Waals surface area contributed by atoms with Gasteiger partial charge in [0.1, 0.15) is 5.82 Å². The van der Waals surface area contributed by atoms with Crippen molar-refractivity contribution in [3.63, 3.8) is 0 Å². The minimum atomic E-state index is -0.966. The lowest BCUT2D eigenvalue weighted by atomic mass is 9.96. The van der Waals surface area contributed by atoms with Crippen LogP contribution >= 0.6 is 0 Å². The molecule has 2 aromatic rings. The molecule has 0 spiro atoms. The average Bonchev–Trinajstić information content (AvgIpc) is 2.87. The van der Waals surface area contributed by atoms with E-state index in [0.29, 0.717) is 5.56 Å². The highest BCUT2D eigenvalue weighted by molar-refractivity contribution is 6.16. The monoisotopic (exact) mass is 356 g/mol. The van der Waals surface area contributed by atoms with Gasteiger partial charge in [-0.2, -0.15) is 0 Å². The van der Waals surface area contributed by atoms with E-state index in [0.717, 1.165) is 17.0 Å². The number of rotatable bonds is 4. The number of amides is 1. The van der Waals surface area contributed by atoms with Crippen LogP contribution in [0.3, 0.4) is 0 Å². The van der Waals surface area contributed by atoms with Gasteiger partial charge in [0.15, 0.2) is 11.5 Å². The number of anilines is 1. The van der Waals surface area contributed by atoms with E-state index in [2.05, 4.69) is 0 Å². The number of hydrogen-bond acceptors (Lipinski definition) is 5. The Morgan fingerprint density at radius 3 is 2.23 bits per heavy atom. The second-order valence-electron chi connectivity index (χ2n) is 5.72. The smallest absolute Gasteiger partial charge is 0.294 e. The third kappa shape index (κ3) is 2.81. The number of nitro benzene ring substituents is 1. The van der Waals surface area contributed by atoms with Crippen LogP contribution in [-0.4, -0.2) is 21.7 Å². The highest BCUT2D eigenvalue weighted by atomic mass is 19.1. The van der Waals surface area contributed by atoms with Gasteiger partial charge in [-0.1, -0.05) is 0 Å². The molecule has 0 saturated heterocycles. The fraction of sp³-hybridized carbons (Fsp3) is 0.111. The molecule has 26 heavy (non-hydrogen) atoms. The second-order valence-corrected chi connectivity index (χ2v) is 5.72. The van der Waals surface area contributed by atoms with Gasteiger partial charge < -0.3 is 5.11 Å². The normalized spacial score (nSPS) is 16.9. The number of ketones is 1. The summed E-state index contributed by atoms with van der Waals surface area (Å²) in [5.41, 5.74) is 0.419. The maximum absolute atomic E-state index is 13.2. The van der Waals surface area contributed by atoms with Gasteiger partial charge in [0.05, 0.1) is 16.5 Å². The van der Waals surface area contributed by atoms with Gasteiger partial charge in [-0.15, -0.1) is 0 Å². The predicted molar refractivity (Wildman–Crippen MR) is 90.1 cm³/mol. The summed E-state index contributed by atoms with van der Waals surface area (Å²) < 4.78 is 13.2. The lowest BCUT2D eigenvalue weighted by Crippen LogP contribution is -2.30. The summed E-state index contributed by atoms with van der Waals surface area (Å²) in [6.45, 7) is 1.21. The summed E-state index contributed by atoms with van der Waals surface area (Å²) in [7, 11) is 0. The number of non-ortho nitro benzene ring substituents is 1. The summed E-state index contributed by atoms with van der Waals surface area (Å²) in [6, 6.07) is 9.35. The summed E-state index contributed by atoms with van der Waals surface area (Å²) in [4.78, 5) is 36.0. The van der Waals surface area contributed by atoms with Crippen molar-refractivity contribution in [2.45, 2.75) is 13.0 Å². The van der Waals surface area contributed by atoms with Gasteiger partial charge in [-0.05, 0) is 48.9 Å². The van der Waals surface area contributed by atoms with E-state index >= 15 is 0 Å². The van der Waals surface area contributed by atoms with Gasteiger partial charge in [0.25, 0.3) is 11.6 Å².